The van der Waals surface area contributed by atoms with Gasteiger partial charge < -0.3 is 9.84 Å². The van der Waals surface area contributed by atoms with Crippen molar-refractivity contribution in [2.45, 2.75) is 32.7 Å². The summed E-state index contributed by atoms with van der Waals surface area (Å²) in [7, 11) is 0. The van der Waals surface area contributed by atoms with Crippen molar-refractivity contribution in [3.63, 3.8) is 0 Å². The zero-order valence-corrected chi connectivity index (χ0v) is 10.6. The Labute approximate surface area is 106 Å². The van der Waals surface area contributed by atoms with Crippen LogP contribution in [-0.2, 0) is 6.42 Å². The first-order valence-corrected chi connectivity index (χ1v) is 6.12. The maximum Gasteiger partial charge on any atom is 0.227 e. The first kappa shape index (κ1) is 12.6. The molecule has 0 saturated heterocycles. The highest BCUT2D eigenvalue weighted by Gasteiger charge is 2.10. The van der Waals surface area contributed by atoms with E-state index in [2.05, 4.69) is 39.3 Å². The van der Waals surface area contributed by atoms with E-state index in [1.165, 1.54) is 6.33 Å². The van der Waals surface area contributed by atoms with Crippen LogP contribution in [0.1, 0.15) is 26.2 Å². The second-order valence-electron chi connectivity index (χ2n) is 4.10. The third kappa shape index (κ3) is 3.33. The van der Waals surface area contributed by atoms with Crippen molar-refractivity contribution in [3.8, 4) is 11.5 Å². The second kappa shape index (κ2) is 6.20. The van der Waals surface area contributed by atoms with Crippen LogP contribution < -0.4 is 5.32 Å². The van der Waals surface area contributed by atoms with Gasteiger partial charge in [-0.2, -0.15) is 4.98 Å². The number of aromatic nitrogens is 4. The van der Waals surface area contributed by atoms with Crippen LogP contribution in [0.25, 0.3) is 11.5 Å². The lowest BCUT2D eigenvalue weighted by Crippen LogP contribution is -2.25. The Kier molecular flexibility index (Phi) is 4.35. The number of hydrogen-bond donors (Lipinski definition) is 1. The van der Waals surface area contributed by atoms with Gasteiger partial charge in [0.25, 0.3) is 0 Å². The van der Waals surface area contributed by atoms with Crippen LogP contribution >= 0.6 is 0 Å². The van der Waals surface area contributed by atoms with E-state index in [4.69, 9.17) is 4.52 Å². The SMILES string of the molecule is CCNC(C)CCc1nc(-c2ccncn2)no1. The van der Waals surface area contributed by atoms with Gasteiger partial charge in [0.2, 0.25) is 11.7 Å². The first-order valence-electron chi connectivity index (χ1n) is 6.12. The van der Waals surface area contributed by atoms with Crippen LogP contribution in [0.5, 0.6) is 0 Å². The van der Waals surface area contributed by atoms with Gasteiger partial charge in [-0.3, -0.25) is 0 Å². The van der Waals surface area contributed by atoms with E-state index in [0.29, 0.717) is 23.5 Å². The van der Waals surface area contributed by atoms with E-state index in [9.17, 15) is 0 Å². The summed E-state index contributed by atoms with van der Waals surface area (Å²) in [5.41, 5.74) is 0.680. The fourth-order valence-corrected chi connectivity index (χ4v) is 1.67. The minimum Gasteiger partial charge on any atom is -0.339 e. The highest BCUT2D eigenvalue weighted by molar-refractivity contribution is 5.46. The molecule has 0 aromatic carbocycles. The maximum absolute atomic E-state index is 5.20. The molecule has 0 bridgehead atoms. The molecule has 2 aromatic rings. The zero-order valence-electron chi connectivity index (χ0n) is 10.6. The van der Waals surface area contributed by atoms with Crippen molar-refractivity contribution in [3.05, 3.63) is 24.5 Å². The van der Waals surface area contributed by atoms with Gasteiger partial charge in [-0.05, 0) is 26.0 Å². The Morgan fingerprint density at radius 2 is 2.33 bits per heavy atom. The molecule has 18 heavy (non-hydrogen) atoms. The average Bonchev–Trinajstić information content (AvgIpc) is 2.87. The van der Waals surface area contributed by atoms with Crippen molar-refractivity contribution in [1.82, 2.24) is 25.4 Å². The predicted molar refractivity (Wildman–Crippen MR) is 66.8 cm³/mol. The van der Waals surface area contributed by atoms with Crippen LogP contribution in [-0.4, -0.2) is 32.7 Å². The van der Waals surface area contributed by atoms with Crippen LogP contribution in [0.15, 0.2) is 23.1 Å². The van der Waals surface area contributed by atoms with E-state index < -0.39 is 0 Å². The van der Waals surface area contributed by atoms with Crippen molar-refractivity contribution in [2.75, 3.05) is 6.54 Å². The van der Waals surface area contributed by atoms with Crippen molar-refractivity contribution < 1.29 is 4.52 Å². The fraction of sp³-hybridized carbons (Fsp3) is 0.500. The molecule has 0 aliphatic rings. The maximum atomic E-state index is 5.20. The van der Waals surface area contributed by atoms with E-state index >= 15 is 0 Å². The standard InChI is InChI=1S/C12H17N5O/c1-3-14-9(2)4-5-11-16-12(17-18-11)10-6-7-13-8-15-10/h6-9,14H,3-5H2,1-2H3. The Bertz CT molecular complexity index is 470. The summed E-state index contributed by atoms with van der Waals surface area (Å²) in [6.07, 6.45) is 4.87. The van der Waals surface area contributed by atoms with Gasteiger partial charge in [-0.15, -0.1) is 0 Å². The van der Waals surface area contributed by atoms with Crippen LogP contribution in [0.2, 0.25) is 0 Å². The molecule has 6 heteroatoms. The molecule has 2 rings (SSSR count). The molecule has 0 amide bonds. The monoisotopic (exact) mass is 247 g/mol. The molecule has 0 saturated carbocycles. The van der Waals surface area contributed by atoms with Crippen LogP contribution in [0, 0.1) is 0 Å². The van der Waals surface area contributed by atoms with Gasteiger partial charge in [-0.25, -0.2) is 9.97 Å². The minimum absolute atomic E-state index is 0.449. The number of nitrogens with one attached hydrogen (secondary N) is 1. The normalized spacial score (nSPS) is 12.6. The lowest BCUT2D eigenvalue weighted by atomic mass is 10.2. The number of nitrogens with zero attached hydrogens (tertiary/aromatic N) is 4. The van der Waals surface area contributed by atoms with Gasteiger partial charge in [-0.1, -0.05) is 12.1 Å². The summed E-state index contributed by atoms with van der Waals surface area (Å²) in [4.78, 5) is 12.2. The van der Waals surface area contributed by atoms with Crippen molar-refractivity contribution in [2.24, 2.45) is 0 Å². The molecule has 0 fully saturated rings. The summed E-state index contributed by atoms with van der Waals surface area (Å²) >= 11 is 0. The lowest BCUT2D eigenvalue weighted by molar-refractivity contribution is 0.368. The number of hydrogen-bond acceptors (Lipinski definition) is 6. The predicted octanol–water partition coefficient (Wildman–Crippen LogP) is 1.46. The number of aryl methyl sites for hydroxylation is 1. The highest BCUT2D eigenvalue weighted by atomic mass is 16.5. The molecule has 1 atom stereocenters. The average molecular weight is 247 g/mol. The van der Waals surface area contributed by atoms with Crippen molar-refractivity contribution >= 4 is 0 Å². The highest BCUT2D eigenvalue weighted by Crippen LogP contribution is 2.12. The fourth-order valence-electron chi connectivity index (χ4n) is 1.67. The van der Waals surface area contributed by atoms with Crippen LogP contribution in [0.4, 0.5) is 0 Å². The van der Waals surface area contributed by atoms with E-state index in [1.807, 2.05) is 0 Å². The lowest BCUT2D eigenvalue weighted by Gasteiger charge is -2.09. The minimum atomic E-state index is 0.449. The number of rotatable bonds is 6. The molecule has 0 aliphatic heterocycles. The molecule has 0 aliphatic carbocycles. The molecular weight excluding hydrogens is 230 g/mol. The van der Waals surface area contributed by atoms with Gasteiger partial charge in [0.1, 0.15) is 12.0 Å². The van der Waals surface area contributed by atoms with Gasteiger partial charge in [0.15, 0.2) is 0 Å². The van der Waals surface area contributed by atoms with Crippen molar-refractivity contribution in [1.29, 1.82) is 0 Å². The smallest absolute Gasteiger partial charge is 0.227 e. The topological polar surface area (TPSA) is 76.7 Å². The second-order valence-corrected chi connectivity index (χ2v) is 4.10. The molecule has 0 radical (unpaired) electrons. The summed E-state index contributed by atoms with van der Waals surface area (Å²) in [5, 5.41) is 7.26. The Balaban J connectivity index is 1.95. The zero-order chi connectivity index (χ0) is 12.8. The Hall–Kier alpha value is -1.82. The summed E-state index contributed by atoms with van der Waals surface area (Å²) < 4.78 is 5.20. The van der Waals surface area contributed by atoms with Gasteiger partial charge in [0.05, 0.1) is 0 Å². The quantitative estimate of drug-likeness (QED) is 0.832. The van der Waals surface area contributed by atoms with Crippen LogP contribution in [0.3, 0.4) is 0 Å². The summed E-state index contributed by atoms with van der Waals surface area (Å²) in [6.45, 7) is 5.21. The summed E-state index contributed by atoms with van der Waals surface area (Å²) in [5.74, 6) is 1.16. The van der Waals surface area contributed by atoms with Gasteiger partial charge in [0, 0.05) is 18.7 Å². The Morgan fingerprint density at radius 3 is 3.06 bits per heavy atom. The molecule has 96 valence electrons. The molecule has 0 spiro atoms. The van der Waals surface area contributed by atoms with E-state index in [1.54, 1.807) is 12.3 Å². The van der Waals surface area contributed by atoms with E-state index in [0.717, 1.165) is 19.4 Å². The Morgan fingerprint density at radius 1 is 1.44 bits per heavy atom. The van der Waals surface area contributed by atoms with Gasteiger partial charge >= 0.3 is 0 Å². The molecule has 2 aromatic heterocycles. The molecule has 6 nitrogen and oxygen atoms in total. The first-order chi connectivity index (χ1) is 8.79. The summed E-state index contributed by atoms with van der Waals surface area (Å²) in [6, 6.07) is 2.21. The molecule has 1 unspecified atom stereocenters. The molecular formula is C12H17N5O. The third-order valence-electron chi connectivity index (χ3n) is 2.62. The third-order valence-corrected chi connectivity index (χ3v) is 2.62. The largest absolute Gasteiger partial charge is 0.339 e. The molecule has 1 N–H and O–H groups in total. The van der Waals surface area contributed by atoms with E-state index in [-0.39, 0.29) is 0 Å². The molecule has 2 heterocycles.